The fourth-order valence-corrected chi connectivity index (χ4v) is 4.10. The molecule has 26 heavy (non-hydrogen) atoms. The van der Waals surface area contributed by atoms with Crippen LogP contribution < -0.4 is 5.73 Å². The number of sulfonamides is 1. The molecular weight excluding hydrogens is 380 g/mol. The highest BCUT2D eigenvalue weighted by atomic mass is 35.5. The van der Waals surface area contributed by atoms with Crippen molar-refractivity contribution in [1.29, 1.82) is 0 Å². The van der Waals surface area contributed by atoms with E-state index in [9.17, 15) is 13.2 Å². The zero-order valence-corrected chi connectivity index (χ0v) is 16.2. The Balaban J connectivity index is 0.00000243. The molecule has 3 heterocycles. The lowest BCUT2D eigenvalue weighted by Crippen LogP contribution is -2.46. The lowest BCUT2D eigenvalue weighted by Gasteiger charge is -2.35. The Kier molecular flexibility index (Phi) is 7.22. The zero-order valence-electron chi connectivity index (χ0n) is 14.5. The maximum Gasteiger partial charge on any atom is 0.257 e. The molecule has 1 saturated heterocycles. The molecule has 3 aliphatic heterocycles. The third-order valence-corrected chi connectivity index (χ3v) is 5.67. The molecule has 3 aliphatic rings. The Morgan fingerprint density at radius 3 is 2.73 bits per heavy atom. The number of amidine groups is 1. The van der Waals surface area contributed by atoms with Gasteiger partial charge in [-0.2, -0.15) is 0 Å². The number of allylic oxidation sites excluding steroid dienone is 2. The molecule has 1 amide bonds. The van der Waals surface area contributed by atoms with E-state index in [4.69, 9.17) is 10.5 Å². The number of nitrogens with zero attached hydrogens (tertiary/aromatic N) is 3. The molecule has 8 nitrogen and oxygen atoms in total. The lowest BCUT2D eigenvalue weighted by molar-refractivity contribution is -0.129. The molecule has 3 rings (SSSR count). The van der Waals surface area contributed by atoms with Gasteiger partial charge in [0.15, 0.2) is 5.84 Å². The first-order chi connectivity index (χ1) is 12.0. The van der Waals surface area contributed by atoms with E-state index < -0.39 is 10.0 Å². The number of hydrogen-bond donors (Lipinski definition) is 1. The standard InChI is InChI=1S/C16H24N4O4S.ClH/c17-6-2-11-24-13-4-8-20(9-5-13)16(21)14-3-1-7-19-10-12-25(22,23)18-15(14)19;/h1,3,7,13H,2,4-6,8-12,17H2;1H. The second-order valence-corrected chi connectivity index (χ2v) is 8.08. The number of piperidine rings is 1. The van der Waals surface area contributed by atoms with E-state index in [1.165, 1.54) is 0 Å². The second kappa shape index (κ2) is 8.98. The van der Waals surface area contributed by atoms with Gasteiger partial charge in [0.1, 0.15) is 0 Å². The van der Waals surface area contributed by atoms with Gasteiger partial charge in [-0.15, -0.1) is 16.8 Å². The van der Waals surface area contributed by atoms with Crippen molar-refractivity contribution >= 4 is 34.2 Å². The summed E-state index contributed by atoms with van der Waals surface area (Å²) in [5.41, 5.74) is 5.80. The summed E-state index contributed by atoms with van der Waals surface area (Å²) in [5, 5.41) is 0. The van der Waals surface area contributed by atoms with Gasteiger partial charge in [0.25, 0.3) is 15.9 Å². The van der Waals surface area contributed by atoms with E-state index in [1.807, 2.05) is 0 Å². The van der Waals surface area contributed by atoms with Crippen LogP contribution in [0.4, 0.5) is 0 Å². The van der Waals surface area contributed by atoms with E-state index in [2.05, 4.69) is 4.40 Å². The Labute approximate surface area is 160 Å². The minimum Gasteiger partial charge on any atom is -0.378 e. The number of ether oxygens (including phenoxy) is 1. The summed E-state index contributed by atoms with van der Waals surface area (Å²) < 4.78 is 33.2. The van der Waals surface area contributed by atoms with Crippen molar-refractivity contribution in [2.24, 2.45) is 10.1 Å². The first-order valence-electron chi connectivity index (χ1n) is 8.59. The van der Waals surface area contributed by atoms with Crippen molar-refractivity contribution < 1.29 is 17.9 Å². The number of rotatable bonds is 5. The summed E-state index contributed by atoms with van der Waals surface area (Å²) >= 11 is 0. The predicted octanol–water partition coefficient (Wildman–Crippen LogP) is 0.262. The van der Waals surface area contributed by atoms with Gasteiger partial charge in [-0.05, 0) is 38.0 Å². The van der Waals surface area contributed by atoms with Gasteiger partial charge in [0.05, 0.1) is 17.4 Å². The highest BCUT2D eigenvalue weighted by molar-refractivity contribution is 7.90. The Morgan fingerprint density at radius 1 is 1.31 bits per heavy atom. The van der Waals surface area contributed by atoms with Crippen LogP contribution >= 0.6 is 12.4 Å². The highest BCUT2D eigenvalue weighted by Crippen LogP contribution is 2.22. The van der Waals surface area contributed by atoms with Crippen LogP contribution in [0.15, 0.2) is 28.3 Å². The summed E-state index contributed by atoms with van der Waals surface area (Å²) in [7, 11) is -3.50. The van der Waals surface area contributed by atoms with Gasteiger partial charge in [-0.1, -0.05) is 0 Å². The largest absolute Gasteiger partial charge is 0.378 e. The smallest absolute Gasteiger partial charge is 0.257 e. The number of likely N-dealkylation sites (tertiary alicyclic amines) is 1. The van der Waals surface area contributed by atoms with Crippen molar-refractivity contribution in [2.45, 2.75) is 25.4 Å². The number of hydrogen-bond acceptors (Lipinski definition) is 6. The quantitative estimate of drug-likeness (QED) is 0.659. The van der Waals surface area contributed by atoms with E-state index in [-0.39, 0.29) is 36.0 Å². The fraction of sp³-hybridized carbons (Fsp3) is 0.625. The van der Waals surface area contributed by atoms with E-state index >= 15 is 0 Å². The van der Waals surface area contributed by atoms with Crippen LogP contribution in [-0.2, 0) is 19.6 Å². The molecule has 0 saturated carbocycles. The number of nitrogens with two attached hydrogens (primary N) is 1. The number of fused-ring (bicyclic) bond motifs is 1. The monoisotopic (exact) mass is 404 g/mol. The summed E-state index contributed by atoms with van der Waals surface area (Å²) in [6.07, 6.45) is 7.68. The molecule has 0 aliphatic carbocycles. The van der Waals surface area contributed by atoms with Crippen molar-refractivity contribution in [3.63, 3.8) is 0 Å². The Bertz CT molecular complexity index is 712. The molecule has 0 bridgehead atoms. The van der Waals surface area contributed by atoms with Crippen LogP contribution in [0.25, 0.3) is 0 Å². The molecule has 0 aromatic carbocycles. The van der Waals surface area contributed by atoms with Gasteiger partial charge in [-0.3, -0.25) is 4.79 Å². The van der Waals surface area contributed by atoms with Crippen molar-refractivity contribution in [3.8, 4) is 0 Å². The predicted molar refractivity (Wildman–Crippen MR) is 102 cm³/mol. The van der Waals surface area contributed by atoms with Gasteiger partial charge in [0.2, 0.25) is 0 Å². The molecule has 0 atom stereocenters. The van der Waals surface area contributed by atoms with Gasteiger partial charge in [-0.25, -0.2) is 8.42 Å². The third kappa shape index (κ3) is 4.85. The molecule has 10 heteroatoms. The normalized spacial score (nSPS) is 22.2. The zero-order chi connectivity index (χ0) is 17.9. The van der Waals surface area contributed by atoms with Gasteiger partial charge >= 0.3 is 0 Å². The van der Waals surface area contributed by atoms with E-state index in [0.29, 0.717) is 38.4 Å². The van der Waals surface area contributed by atoms with Crippen LogP contribution in [0.3, 0.4) is 0 Å². The van der Waals surface area contributed by atoms with Gasteiger partial charge in [0, 0.05) is 32.4 Å². The number of halogens is 1. The van der Waals surface area contributed by atoms with Crippen LogP contribution in [0.1, 0.15) is 19.3 Å². The van der Waals surface area contributed by atoms with E-state index in [1.54, 1.807) is 28.2 Å². The maximum atomic E-state index is 12.9. The molecule has 0 spiro atoms. The number of carbonyl (C=O) groups is 1. The van der Waals surface area contributed by atoms with Gasteiger partial charge < -0.3 is 20.3 Å². The highest BCUT2D eigenvalue weighted by Gasteiger charge is 2.33. The average molecular weight is 405 g/mol. The minimum atomic E-state index is -3.50. The average Bonchev–Trinajstić information content (AvgIpc) is 2.61. The topological polar surface area (TPSA) is 105 Å². The molecule has 1 fully saturated rings. The molecule has 0 aromatic heterocycles. The molecule has 0 radical (unpaired) electrons. The summed E-state index contributed by atoms with van der Waals surface area (Å²) in [5.74, 6) is 0.0269. The van der Waals surface area contributed by atoms with Crippen LogP contribution in [0.5, 0.6) is 0 Å². The number of amides is 1. The van der Waals surface area contributed by atoms with Crippen LogP contribution in [0.2, 0.25) is 0 Å². The molecule has 146 valence electrons. The molecule has 0 unspecified atom stereocenters. The minimum absolute atomic E-state index is 0. The molecule has 2 N–H and O–H groups in total. The SMILES string of the molecule is Cl.NCCCOC1CCN(C(=O)C2=CC=CN3CCS(=O)(=O)N=C23)CC1. The Hall–Kier alpha value is -1.42. The molecular formula is C16H25ClN4O4S. The van der Waals surface area contributed by atoms with Crippen LogP contribution in [-0.4, -0.2) is 74.6 Å². The number of carbonyl (C=O) groups excluding carboxylic acids is 1. The summed E-state index contributed by atoms with van der Waals surface area (Å²) in [6.45, 7) is 2.76. The summed E-state index contributed by atoms with van der Waals surface area (Å²) in [4.78, 5) is 16.3. The summed E-state index contributed by atoms with van der Waals surface area (Å²) in [6, 6.07) is 0. The third-order valence-electron chi connectivity index (χ3n) is 4.52. The fourth-order valence-electron chi connectivity index (χ4n) is 3.11. The van der Waals surface area contributed by atoms with Crippen molar-refractivity contribution in [2.75, 3.05) is 38.5 Å². The second-order valence-electron chi connectivity index (χ2n) is 6.32. The van der Waals surface area contributed by atoms with Crippen LogP contribution in [0, 0.1) is 0 Å². The van der Waals surface area contributed by atoms with Crippen molar-refractivity contribution in [1.82, 2.24) is 9.80 Å². The first kappa shape index (κ1) is 20.9. The molecule has 0 aromatic rings. The first-order valence-corrected chi connectivity index (χ1v) is 10.2. The maximum absolute atomic E-state index is 12.9. The Morgan fingerprint density at radius 2 is 2.04 bits per heavy atom. The lowest BCUT2D eigenvalue weighted by atomic mass is 10.0. The van der Waals surface area contributed by atoms with E-state index in [0.717, 1.165) is 19.3 Å². The van der Waals surface area contributed by atoms with Crippen molar-refractivity contribution in [3.05, 3.63) is 23.9 Å².